The fraction of sp³-hybridized carbons (Fsp3) is 0.409. The third-order valence-corrected chi connectivity index (χ3v) is 6.07. The van der Waals surface area contributed by atoms with Crippen molar-refractivity contribution in [3.05, 3.63) is 59.7 Å². The van der Waals surface area contributed by atoms with Gasteiger partial charge in [-0.25, -0.2) is 14.8 Å². The van der Waals surface area contributed by atoms with Crippen LogP contribution in [-0.4, -0.2) is 69.2 Å². The van der Waals surface area contributed by atoms with Crippen LogP contribution in [0, 0.1) is 5.41 Å². The Morgan fingerprint density at radius 3 is 2.42 bits per heavy atom. The van der Waals surface area contributed by atoms with Crippen molar-refractivity contribution in [2.24, 2.45) is 5.41 Å². The van der Waals surface area contributed by atoms with Crippen molar-refractivity contribution in [1.82, 2.24) is 14.9 Å². The molecule has 2 saturated heterocycles. The first-order valence-electron chi connectivity index (χ1n) is 9.95. The van der Waals surface area contributed by atoms with Gasteiger partial charge in [0.05, 0.1) is 26.1 Å². The first kappa shape index (κ1) is 22.4. The maximum absolute atomic E-state index is 13.1. The van der Waals surface area contributed by atoms with Gasteiger partial charge in [-0.05, 0) is 31.2 Å². The lowest BCUT2D eigenvalue weighted by Gasteiger charge is -2.36. The molecule has 0 radical (unpaired) electrons. The fourth-order valence-corrected chi connectivity index (χ4v) is 4.80. The summed E-state index contributed by atoms with van der Waals surface area (Å²) in [7, 11) is 1.27. The van der Waals surface area contributed by atoms with Gasteiger partial charge in [0.25, 0.3) is 12.4 Å². The number of aliphatic hydroxyl groups excluding tert-OH is 1. The lowest BCUT2D eigenvalue weighted by Crippen LogP contribution is -2.44. The third kappa shape index (κ3) is 4.41. The smallest absolute Gasteiger partial charge is 0.358 e. The molecule has 2 aromatic rings. The van der Waals surface area contributed by atoms with Crippen LogP contribution >= 0.6 is 0 Å². The number of amides is 1. The molecular weight excluding hydrogens is 402 g/mol. The van der Waals surface area contributed by atoms with E-state index in [0.717, 1.165) is 25.7 Å². The zero-order valence-corrected chi connectivity index (χ0v) is 17.2. The van der Waals surface area contributed by atoms with Crippen molar-refractivity contribution < 1.29 is 29.3 Å². The van der Waals surface area contributed by atoms with Crippen LogP contribution < -0.4 is 0 Å². The SMILES string of the molecule is COC(=O)c1cnc(C(=O)N2[C@@H]3CC[C@H]2[C@](CO)(Cc2ccccc2)C3)cn1.O=CO. The first-order valence-corrected chi connectivity index (χ1v) is 9.95. The van der Waals surface area contributed by atoms with Gasteiger partial charge in [0.1, 0.15) is 5.69 Å². The molecule has 1 amide bonds. The maximum Gasteiger partial charge on any atom is 0.358 e. The standard InChI is InChI=1S/C21H23N3O4.CH2O2/c1-28-20(27)17-12-22-16(11-23-17)19(26)24-15-7-8-18(24)21(10-15,13-25)9-14-5-3-2-4-6-14;2-1-3/h2-6,11-12,15,18,25H,7-10,13H2,1H3;1H,(H,2,3)/t15-,18+,21-;/m1./s1. The molecule has 0 unspecified atom stereocenters. The van der Waals surface area contributed by atoms with E-state index in [1.165, 1.54) is 25.1 Å². The summed E-state index contributed by atoms with van der Waals surface area (Å²) >= 11 is 0. The van der Waals surface area contributed by atoms with Crippen LogP contribution in [-0.2, 0) is 16.0 Å². The average molecular weight is 427 g/mol. The zero-order valence-electron chi connectivity index (χ0n) is 17.2. The summed E-state index contributed by atoms with van der Waals surface area (Å²) in [5.74, 6) is -0.783. The van der Waals surface area contributed by atoms with Crippen LogP contribution in [0.25, 0.3) is 0 Å². The van der Waals surface area contributed by atoms with Crippen LogP contribution in [0.1, 0.15) is 45.8 Å². The molecule has 2 aliphatic heterocycles. The maximum atomic E-state index is 13.1. The first-order chi connectivity index (χ1) is 15.0. The molecule has 1 aromatic carbocycles. The van der Waals surface area contributed by atoms with Gasteiger partial charge in [-0.1, -0.05) is 30.3 Å². The van der Waals surface area contributed by atoms with E-state index < -0.39 is 5.97 Å². The van der Waals surface area contributed by atoms with E-state index in [0.29, 0.717) is 0 Å². The number of aromatic nitrogens is 2. The number of rotatable bonds is 5. The van der Waals surface area contributed by atoms with Gasteiger partial charge >= 0.3 is 5.97 Å². The van der Waals surface area contributed by atoms with E-state index >= 15 is 0 Å². The van der Waals surface area contributed by atoms with Gasteiger partial charge in [0.2, 0.25) is 0 Å². The van der Waals surface area contributed by atoms with Crippen molar-refractivity contribution in [3.8, 4) is 0 Å². The number of hydrogen-bond donors (Lipinski definition) is 2. The van der Waals surface area contributed by atoms with Crippen LogP contribution in [0.2, 0.25) is 0 Å². The lowest BCUT2D eigenvalue weighted by molar-refractivity contribution is -0.122. The second kappa shape index (κ2) is 9.65. The van der Waals surface area contributed by atoms with Gasteiger partial charge in [-0.2, -0.15) is 0 Å². The van der Waals surface area contributed by atoms with E-state index in [2.05, 4.69) is 26.8 Å². The number of aliphatic hydroxyl groups is 1. The Bertz CT molecular complexity index is 921. The van der Waals surface area contributed by atoms with Gasteiger partial charge in [0, 0.05) is 17.5 Å². The highest BCUT2D eigenvalue weighted by molar-refractivity contribution is 5.94. The average Bonchev–Trinajstić information content (AvgIpc) is 3.35. The van der Waals surface area contributed by atoms with Crippen molar-refractivity contribution in [1.29, 1.82) is 0 Å². The summed E-state index contributed by atoms with van der Waals surface area (Å²) < 4.78 is 4.61. The van der Waals surface area contributed by atoms with Gasteiger partial charge in [0.15, 0.2) is 5.69 Å². The quantitative estimate of drug-likeness (QED) is 0.543. The van der Waals surface area contributed by atoms with Gasteiger partial charge in [-0.15, -0.1) is 0 Å². The second-order valence-electron chi connectivity index (χ2n) is 7.73. The third-order valence-electron chi connectivity index (χ3n) is 6.07. The summed E-state index contributed by atoms with van der Waals surface area (Å²) in [5, 5.41) is 17.2. The molecule has 2 aliphatic rings. The highest BCUT2D eigenvalue weighted by Crippen LogP contribution is 2.51. The van der Waals surface area contributed by atoms with Crippen molar-refractivity contribution in [2.75, 3.05) is 13.7 Å². The monoisotopic (exact) mass is 427 g/mol. The summed E-state index contributed by atoms with van der Waals surface area (Å²) in [6.07, 6.45) is 5.91. The van der Waals surface area contributed by atoms with E-state index in [1.54, 1.807) is 0 Å². The molecule has 0 saturated carbocycles. The molecule has 2 N–H and O–H groups in total. The van der Waals surface area contributed by atoms with Gasteiger partial charge in [-0.3, -0.25) is 9.59 Å². The summed E-state index contributed by atoms with van der Waals surface area (Å²) in [5.41, 5.74) is 1.10. The zero-order chi connectivity index (χ0) is 22.4. The topological polar surface area (TPSA) is 130 Å². The Hall–Kier alpha value is -3.33. The number of esters is 1. The molecular formula is C22H25N3O6. The Balaban J connectivity index is 0.000000858. The Kier molecular flexibility index (Phi) is 6.96. The van der Waals surface area contributed by atoms with Crippen LogP contribution in [0.15, 0.2) is 42.7 Å². The Morgan fingerprint density at radius 2 is 1.84 bits per heavy atom. The minimum Gasteiger partial charge on any atom is -0.483 e. The number of carbonyl (C=O) groups excluding carboxylic acids is 2. The highest BCUT2D eigenvalue weighted by Gasteiger charge is 2.57. The van der Waals surface area contributed by atoms with E-state index in [9.17, 15) is 14.7 Å². The number of methoxy groups -OCH3 is 1. The second-order valence-corrected chi connectivity index (χ2v) is 7.73. The largest absolute Gasteiger partial charge is 0.483 e. The number of carbonyl (C=O) groups is 3. The number of ether oxygens (including phenoxy) is 1. The molecule has 4 rings (SSSR count). The van der Waals surface area contributed by atoms with Crippen LogP contribution in [0.3, 0.4) is 0 Å². The lowest BCUT2D eigenvalue weighted by atomic mass is 9.70. The highest BCUT2D eigenvalue weighted by atomic mass is 16.5. The van der Waals surface area contributed by atoms with Crippen molar-refractivity contribution in [2.45, 2.75) is 37.8 Å². The van der Waals surface area contributed by atoms with E-state index in [-0.39, 0.29) is 47.9 Å². The number of carboxylic acid groups (broad SMARTS) is 1. The van der Waals surface area contributed by atoms with Crippen LogP contribution in [0.5, 0.6) is 0 Å². The number of fused-ring (bicyclic) bond motifs is 2. The fourth-order valence-electron chi connectivity index (χ4n) is 4.80. The summed E-state index contributed by atoms with van der Waals surface area (Å²) in [4.78, 5) is 43.0. The van der Waals surface area contributed by atoms with Gasteiger partial charge < -0.3 is 19.8 Å². The molecule has 9 heteroatoms. The van der Waals surface area contributed by atoms with Crippen molar-refractivity contribution in [3.63, 3.8) is 0 Å². The number of hydrogen-bond acceptors (Lipinski definition) is 7. The predicted octanol–water partition coefficient (Wildman–Crippen LogP) is 1.56. The molecule has 164 valence electrons. The number of nitrogens with zero attached hydrogens (tertiary/aromatic N) is 3. The predicted molar refractivity (Wildman–Crippen MR) is 109 cm³/mol. The summed E-state index contributed by atoms with van der Waals surface area (Å²) in [6.45, 7) is -0.209. The molecule has 3 atom stereocenters. The van der Waals surface area contributed by atoms with E-state index in [4.69, 9.17) is 9.90 Å². The minimum absolute atomic E-state index is 0.0303. The molecule has 3 heterocycles. The summed E-state index contributed by atoms with van der Waals surface area (Å²) in [6, 6.07) is 10.2. The van der Waals surface area contributed by atoms with E-state index in [1.807, 2.05) is 23.1 Å². The molecule has 1 aromatic heterocycles. The van der Waals surface area contributed by atoms with Crippen molar-refractivity contribution >= 4 is 18.3 Å². The normalized spacial score (nSPS) is 23.6. The molecule has 0 spiro atoms. The molecule has 9 nitrogen and oxygen atoms in total. The molecule has 31 heavy (non-hydrogen) atoms. The minimum atomic E-state index is -0.588. The Labute approximate surface area is 179 Å². The Morgan fingerprint density at radius 1 is 1.19 bits per heavy atom. The molecule has 2 bridgehead atoms. The molecule has 2 fully saturated rings. The number of benzene rings is 1. The molecule has 0 aliphatic carbocycles. The van der Waals surface area contributed by atoms with Crippen LogP contribution in [0.4, 0.5) is 0 Å².